The Hall–Kier alpha value is -3.92. The molecule has 0 fully saturated rings. The van der Waals surface area contributed by atoms with Crippen LogP contribution < -0.4 is 21.4 Å². The molecule has 2 aromatic rings. The summed E-state index contributed by atoms with van der Waals surface area (Å²) in [6.45, 7) is 6.54. The Balaban J connectivity index is 2.07. The van der Waals surface area contributed by atoms with Gasteiger partial charge in [0.15, 0.2) is 0 Å². The maximum atomic E-state index is 12.6. The van der Waals surface area contributed by atoms with E-state index in [-0.39, 0.29) is 18.0 Å². The first-order chi connectivity index (χ1) is 16.0. The number of amides is 4. The van der Waals surface area contributed by atoms with Crippen molar-refractivity contribution in [2.45, 2.75) is 45.8 Å². The number of carbonyl (C=O) groups is 4. The molecule has 1 atom stereocenters. The fraction of sp³-hybridized carbons (Fsp3) is 0.333. The van der Waals surface area contributed by atoms with Crippen molar-refractivity contribution in [1.29, 1.82) is 0 Å². The van der Waals surface area contributed by atoms with E-state index in [1.807, 2.05) is 18.2 Å². The Labute approximate surface area is 198 Å². The van der Waals surface area contributed by atoms with Gasteiger partial charge in [-0.05, 0) is 56.2 Å². The summed E-state index contributed by atoms with van der Waals surface area (Å²) in [5.41, 5.74) is 3.35. The third-order valence-corrected chi connectivity index (χ3v) is 4.53. The monoisotopic (exact) mass is 470 g/mol. The maximum Gasteiger partial charge on any atom is 0.407 e. The normalized spacial score (nSPS) is 11.7. The SMILES string of the molecule is CCC(=O)Nc1cccc(-c2ccc(C(=O)N[C@@H](CNC(=O)OC(C)(C)C)C(=O)NO)cc2)c1. The highest BCUT2D eigenvalue weighted by Gasteiger charge is 2.23. The standard InChI is InChI=1S/C24H30N4O6/c1-5-20(29)26-18-8-6-7-17(13-18)15-9-11-16(12-10-15)21(30)27-19(22(31)28-33)14-25-23(32)34-24(2,3)4/h6-13,19,33H,5,14H2,1-4H3,(H,25,32)(H,26,29)(H,27,30)(H,28,31)/t19-/m0/s1. The van der Waals surface area contributed by atoms with Crippen molar-refractivity contribution in [3.8, 4) is 11.1 Å². The lowest BCUT2D eigenvalue weighted by Gasteiger charge is -2.22. The number of hydrogen-bond acceptors (Lipinski definition) is 6. The van der Waals surface area contributed by atoms with Crippen LogP contribution in [0.2, 0.25) is 0 Å². The van der Waals surface area contributed by atoms with Crippen molar-refractivity contribution >= 4 is 29.5 Å². The van der Waals surface area contributed by atoms with Crippen LogP contribution in [-0.2, 0) is 14.3 Å². The molecular formula is C24H30N4O6. The quantitative estimate of drug-likeness (QED) is 0.296. The Kier molecular flexibility index (Phi) is 9.14. The first-order valence-corrected chi connectivity index (χ1v) is 10.7. The lowest BCUT2D eigenvalue weighted by atomic mass is 10.0. The second-order valence-corrected chi connectivity index (χ2v) is 8.44. The molecule has 0 aliphatic carbocycles. The highest BCUT2D eigenvalue weighted by Crippen LogP contribution is 2.23. The van der Waals surface area contributed by atoms with Gasteiger partial charge in [0.2, 0.25) is 5.91 Å². The molecule has 0 aliphatic rings. The van der Waals surface area contributed by atoms with Gasteiger partial charge in [-0.1, -0.05) is 31.2 Å². The fourth-order valence-corrected chi connectivity index (χ4v) is 2.87. The van der Waals surface area contributed by atoms with E-state index in [0.717, 1.165) is 11.1 Å². The molecule has 10 heteroatoms. The summed E-state index contributed by atoms with van der Waals surface area (Å²) in [6, 6.07) is 12.7. The van der Waals surface area contributed by atoms with Gasteiger partial charge < -0.3 is 20.7 Å². The number of benzene rings is 2. The zero-order valence-electron chi connectivity index (χ0n) is 19.6. The molecule has 0 aliphatic heterocycles. The summed E-state index contributed by atoms with van der Waals surface area (Å²) in [5, 5.41) is 16.6. The lowest BCUT2D eigenvalue weighted by molar-refractivity contribution is -0.131. The fourth-order valence-electron chi connectivity index (χ4n) is 2.87. The van der Waals surface area contributed by atoms with Crippen LogP contribution in [0.3, 0.4) is 0 Å². The number of anilines is 1. The van der Waals surface area contributed by atoms with Gasteiger partial charge in [-0.15, -0.1) is 0 Å². The van der Waals surface area contributed by atoms with Gasteiger partial charge in [0, 0.05) is 17.7 Å². The van der Waals surface area contributed by atoms with Crippen molar-refractivity contribution in [3.63, 3.8) is 0 Å². The number of carbonyl (C=O) groups excluding carboxylic acids is 4. The molecule has 34 heavy (non-hydrogen) atoms. The van der Waals surface area contributed by atoms with Gasteiger partial charge in [-0.25, -0.2) is 10.3 Å². The van der Waals surface area contributed by atoms with Crippen molar-refractivity contribution < 1.29 is 29.1 Å². The van der Waals surface area contributed by atoms with E-state index in [0.29, 0.717) is 12.1 Å². The minimum absolute atomic E-state index is 0.0909. The van der Waals surface area contributed by atoms with Gasteiger partial charge in [-0.3, -0.25) is 19.6 Å². The minimum Gasteiger partial charge on any atom is -0.444 e. The number of rotatable bonds is 8. The molecule has 4 amide bonds. The summed E-state index contributed by atoms with van der Waals surface area (Å²) < 4.78 is 5.10. The van der Waals surface area contributed by atoms with Crippen LogP contribution in [0, 0.1) is 0 Å². The van der Waals surface area contributed by atoms with Gasteiger partial charge in [0.25, 0.3) is 11.8 Å². The van der Waals surface area contributed by atoms with E-state index in [4.69, 9.17) is 9.94 Å². The molecule has 0 spiro atoms. The van der Waals surface area contributed by atoms with E-state index < -0.39 is 29.6 Å². The third-order valence-electron chi connectivity index (χ3n) is 4.53. The second kappa shape index (κ2) is 11.8. The number of ether oxygens (including phenoxy) is 1. The van der Waals surface area contributed by atoms with Crippen LogP contribution in [-0.4, -0.2) is 47.2 Å². The van der Waals surface area contributed by atoms with Gasteiger partial charge in [0.05, 0.1) is 6.54 Å². The van der Waals surface area contributed by atoms with Gasteiger partial charge in [0.1, 0.15) is 11.6 Å². The molecule has 10 nitrogen and oxygen atoms in total. The molecule has 0 aromatic heterocycles. The summed E-state index contributed by atoms with van der Waals surface area (Å²) in [4.78, 5) is 48.0. The summed E-state index contributed by atoms with van der Waals surface area (Å²) in [7, 11) is 0. The van der Waals surface area contributed by atoms with Crippen LogP contribution in [0.4, 0.5) is 10.5 Å². The maximum absolute atomic E-state index is 12.6. The summed E-state index contributed by atoms with van der Waals surface area (Å²) >= 11 is 0. The molecule has 2 rings (SSSR count). The third kappa shape index (κ3) is 8.21. The molecule has 2 aromatic carbocycles. The Morgan fingerprint density at radius 3 is 2.26 bits per heavy atom. The first-order valence-electron chi connectivity index (χ1n) is 10.7. The van der Waals surface area contributed by atoms with E-state index in [2.05, 4.69) is 16.0 Å². The lowest BCUT2D eigenvalue weighted by Crippen LogP contribution is -2.52. The Morgan fingerprint density at radius 2 is 1.68 bits per heavy atom. The molecule has 182 valence electrons. The van der Waals surface area contributed by atoms with E-state index in [9.17, 15) is 19.2 Å². The largest absolute Gasteiger partial charge is 0.444 e. The molecular weight excluding hydrogens is 440 g/mol. The van der Waals surface area contributed by atoms with Crippen LogP contribution >= 0.6 is 0 Å². The minimum atomic E-state index is -1.23. The molecule has 5 N–H and O–H groups in total. The average molecular weight is 471 g/mol. The topological polar surface area (TPSA) is 146 Å². The first kappa shape index (κ1) is 26.3. The molecule has 0 saturated carbocycles. The van der Waals surface area contributed by atoms with Crippen molar-refractivity contribution in [2.75, 3.05) is 11.9 Å². The predicted molar refractivity (Wildman–Crippen MR) is 126 cm³/mol. The highest BCUT2D eigenvalue weighted by molar-refractivity contribution is 5.98. The number of alkyl carbamates (subject to hydrolysis) is 1. The number of hydrogen-bond donors (Lipinski definition) is 5. The zero-order valence-corrected chi connectivity index (χ0v) is 19.6. The number of hydroxylamine groups is 1. The van der Waals surface area contributed by atoms with Gasteiger partial charge >= 0.3 is 6.09 Å². The second-order valence-electron chi connectivity index (χ2n) is 8.44. The average Bonchev–Trinajstić information content (AvgIpc) is 2.80. The van der Waals surface area contributed by atoms with E-state index in [1.54, 1.807) is 58.0 Å². The molecule has 0 bridgehead atoms. The zero-order chi connectivity index (χ0) is 25.3. The van der Waals surface area contributed by atoms with Crippen LogP contribution in [0.1, 0.15) is 44.5 Å². The molecule has 0 saturated heterocycles. The van der Waals surface area contributed by atoms with E-state index >= 15 is 0 Å². The smallest absolute Gasteiger partial charge is 0.407 e. The molecule has 0 unspecified atom stereocenters. The van der Waals surface area contributed by atoms with Crippen LogP contribution in [0.5, 0.6) is 0 Å². The van der Waals surface area contributed by atoms with Gasteiger partial charge in [-0.2, -0.15) is 0 Å². The Bertz CT molecular complexity index is 1030. The van der Waals surface area contributed by atoms with Crippen LogP contribution in [0.25, 0.3) is 11.1 Å². The van der Waals surface area contributed by atoms with Crippen molar-refractivity contribution in [2.24, 2.45) is 0 Å². The predicted octanol–water partition coefficient (Wildman–Crippen LogP) is 2.83. The van der Waals surface area contributed by atoms with Crippen LogP contribution in [0.15, 0.2) is 48.5 Å². The van der Waals surface area contributed by atoms with Crippen molar-refractivity contribution in [3.05, 3.63) is 54.1 Å². The molecule has 0 heterocycles. The molecule has 0 radical (unpaired) electrons. The van der Waals surface area contributed by atoms with E-state index in [1.165, 1.54) is 5.48 Å². The Morgan fingerprint density at radius 1 is 1.00 bits per heavy atom. The summed E-state index contributed by atoms with van der Waals surface area (Å²) in [5.74, 6) is -1.56. The highest BCUT2D eigenvalue weighted by atomic mass is 16.6. The number of nitrogens with one attached hydrogen (secondary N) is 4. The van der Waals surface area contributed by atoms with Crippen molar-refractivity contribution in [1.82, 2.24) is 16.1 Å². The summed E-state index contributed by atoms with van der Waals surface area (Å²) in [6.07, 6.45) is -0.393.